The minimum absolute atomic E-state index is 0.0713. The lowest BCUT2D eigenvalue weighted by molar-refractivity contribution is 0.0946. The van der Waals surface area contributed by atoms with Gasteiger partial charge in [0, 0.05) is 5.38 Å². The summed E-state index contributed by atoms with van der Waals surface area (Å²) in [5.41, 5.74) is 1.33. The van der Waals surface area contributed by atoms with Crippen molar-refractivity contribution in [3.05, 3.63) is 51.2 Å². The molecule has 1 N–H and O–H groups in total. The van der Waals surface area contributed by atoms with E-state index in [1.54, 1.807) is 19.1 Å². The van der Waals surface area contributed by atoms with E-state index < -0.39 is 11.7 Å². The van der Waals surface area contributed by atoms with Gasteiger partial charge in [-0.15, -0.1) is 11.3 Å². The van der Waals surface area contributed by atoms with Crippen molar-refractivity contribution in [1.82, 2.24) is 10.3 Å². The highest BCUT2D eigenvalue weighted by Gasteiger charge is 2.12. The van der Waals surface area contributed by atoms with Crippen LogP contribution >= 0.6 is 11.3 Å². The number of benzene rings is 1. The Bertz CT molecular complexity index is 580. The van der Waals surface area contributed by atoms with Crippen LogP contribution in [0.5, 0.6) is 0 Å². The number of thiazole rings is 1. The van der Waals surface area contributed by atoms with Crippen molar-refractivity contribution in [3.8, 4) is 0 Å². The van der Waals surface area contributed by atoms with Crippen LogP contribution in [0.1, 0.15) is 26.6 Å². The van der Waals surface area contributed by atoms with Crippen molar-refractivity contribution in [2.75, 3.05) is 0 Å². The van der Waals surface area contributed by atoms with E-state index in [4.69, 9.17) is 0 Å². The molecule has 0 unspecified atom stereocenters. The van der Waals surface area contributed by atoms with E-state index in [1.807, 2.05) is 12.3 Å². The third-order valence-electron chi connectivity index (χ3n) is 2.53. The number of hydrogen-bond donors (Lipinski definition) is 1. The summed E-state index contributed by atoms with van der Waals surface area (Å²) in [7, 11) is 0. The highest BCUT2D eigenvalue weighted by Crippen LogP contribution is 2.12. The Balaban J connectivity index is 2.06. The molecule has 1 heterocycles. The van der Waals surface area contributed by atoms with Gasteiger partial charge < -0.3 is 5.32 Å². The molecule has 1 amide bonds. The summed E-state index contributed by atoms with van der Waals surface area (Å²) in [5.74, 6) is -0.883. The molecule has 0 saturated heterocycles. The van der Waals surface area contributed by atoms with E-state index >= 15 is 0 Å². The maximum absolute atomic E-state index is 13.7. The lowest BCUT2D eigenvalue weighted by Gasteiger charge is -2.06. The van der Waals surface area contributed by atoms with Gasteiger partial charge in [0.2, 0.25) is 0 Å². The molecule has 2 rings (SSSR count). The average molecular weight is 264 g/mol. The van der Waals surface area contributed by atoms with Crippen LogP contribution in [0.25, 0.3) is 0 Å². The number of amides is 1. The topological polar surface area (TPSA) is 42.0 Å². The fourth-order valence-electron chi connectivity index (χ4n) is 1.58. The fraction of sp³-hybridized carbons (Fsp3) is 0.231. The summed E-state index contributed by atoms with van der Waals surface area (Å²) >= 11 is 1.52. The minimum atomic E-state index is -0.468. The highest BCUT2D eigenvalue weighted by molar-refractivity contribution is 7.09. The molecule has 1 aromatic carbocycles. The van der Waals surface area contributed by atoms with Crippen molar-refractivity contribution >= 4 is 17.2 Å². The van der Waals surface area contributed by atoms with Gasteiger partial charge in [-0.2, -0.15) is 0 Å². The first-order valence-corrected chi connectivity index (χ1v) is 6.40. The number of halogens is 1. The largest absolute Gasteiger partial charge is 0.346 e. The molecule has 0 radical (unpaired) electrons. The van der Waals surface area contributed by atoms with Crippen molar-refractivity contribution in [2.24, 2.45) is 0 Å². The second kappa shape index (κ2) is 5.27. The number of aromatic nitrogens is 1. The maximum Gasteiger partial charge on any atom is 0.254 e. The van der Waals surface area contributed by atoms with Crippen LogP contribution in [-0.2, 0) is 6.54 Å². The van der Waals surface area contributed by atoms with E-state index in [-0.39, 0.29) is 5.56 Å². The smallest absolute Gasteiger partial charge is 0.254 e. The zero-order chi connectivity index (χ0) is 13.1. The fourth-order valence-corrected chi connectivity index (χ4v) is 2.19. The first-order valence-electron chi connectivity index (χ1n) is 5.52. The summed E-state index contributed by atoms with van der Waals surface area (Å²) in [6.07, 6.45) is 0. The predicted molar refractivity (Wildman–Crippen MR) is 69.2 cm³/mol. The van der Waals surface area contributed by atoms with Gasteiger partial charge in [0.25, 0.3) is 5.91 Å². The number of nitrogens with one attached hydrogen (secondary N) is 1. The second-order valence-electron chi connectivity index (χ2n) is 3.98. The van der Waals surface area contributed by atoms with Crippen LogP contribution in [-0.4, -0.2) is 10.9 Å². The van der Waals surface area contributed by atoms with Crippen LogP contribution in [0.2, 0.25) is 0 Å². The third-order valence-corrected chi connectivity index (χ3v) is 3.36. The third kappa shape index (κ3) is 2.73. The molecule has 0 atom stereocenters. The summed E-state index contributed by atoms with van der Waals surface area (Å²) in [4.78, 5) is 16.0. The molecule has 0 bridgehead atoms. The molecule has 94 valence electrons. The molecule has 2 aromatic rings. The van der Waals surface area contributed by atoms with E-state index in [1.165, 1.54) is 17.4 Å². The number of nitrogens with zero attached hydrogens (tertiary/aromatic N) is 1. The Morgan fingerprint density at radius 1 is 1.44 bits per heavy atom. The van der Waals surface area contributed by atoms with Crippen LogP contribution in [0.4, 0.5) is 4.39 Å². The molecule has 0 aliphatic carbocycles. The lowest BCUT2D eigenvalue weighted by Crippen LogP contribution is -2.24. The maximum atomic E-state index is 13.7. The molecular formula is C13H13FN2OS. The first-order chi connectivity index (χ1) is 8.58. The normalized spacial score (nSPS) is 10.4. The standard InChI is InChI=1S/C13H13FN2OS/c1-8-4-3-5-11(12(8)14)13(17)15-6-10-7-18-9(2)16-10/h3-5,7H,6H2,1-2H3,(H,15,17). The summed E-state index contributed by atoms with van der Waals surface area (Å²) in [6.45, 7) is 3.85. The zero-order valence-electron chi connectivity index (χ0n) is 10.2. The van der Waals surface area contributed by atoms with Crippen molar-refractivity contribution in [2.45, 2.75) is 20.4 Å². The Morgan fingerprint density at radius 3 is 2.89 bits per heavy atom. The number of rotatable bonds is 3. The SMILES string of the molecule is Cc1nc(CNC(=O)c2cccc(C)c2F)cs1. The quantitative estimate of drug-likeness (QED) is 0.926. The second-order valence-corrected chi connectivity index (χ2v) is 5.04. The highest BCUT2D eigenvalue weighted by atomic mass is 32.1. The van der Waals surface area contributed by atoms with Gasteiger partial charge >= 0.3 is 0 Å². The zero-order valence-corrected chi connectivity index (χ0v) is 11.0. The van der Waals surface area contributed by atoms with E-state index in [0.29, 0.717) is 12.1 Å². The van der Waals surface area contributed by atoms with Gasteiger partial charge in [0.05, 0.1) is 22.8 Å². The van der Waals surface area contributed by atoms with Gasteiger partial charge in [-0.3, -0.25) is 4.79 Å². The molecule has 0 saturated carbocycles. The van der Waals surface area contributed by atoms with Crippen molar-refractivity contribution < 1.29 is 9.18 Å². The predicted octanol–water partition coefficient (Wildman–Crippen LogP) is 2.83. The Kier molecular flexibility index (Phi) is 3.72. The van der Waals surface area contributed by atoms with Gasteiger partial charge in [-0.25, -0.2) is 9.37 Å². The summed E-state index contributed by atoms with van der Waals surface area (Å²) in [5, 5.41) is 5.48. The molecule has 1 aromatic heterocycles. The van der Waals surface area contributed by atoms with Gasteiger partial charge in [-0.1, -0.05) is 12.1 Å². The number of hydrogen-bond acceptors (Lipinski definition) is 3. The Hall–Kier alpha value is -1.75. The number of carbonyl (C=O) groups is 1. The van der Waals surface area contributed by atoms with E-state index in [2.05, 4.69) is 10.3 Å². The number of aryl methyl sites for hydroxylation is 2. The summed E-state index contributed by atoms with van der Waals surface area (Å²) in [6, 6.07) is 4.78. The minimum Gasteiger partial charge on any atom is -0.346 e. The molecule has 3 nitrogen and oxygen atoms in total. The van der Waals surface area contributed by atoms with Crippen LogP contribution in [0, 0.1) is 19.7 Å². The molecule has 0 fully saturated rings. The van der Waals surface area contributed by atoms with Crippen LogP contribution < -0.4 is 5.32 Å². The number of carbonyl (C=O) groups excluding carboxylic acids is 1. The van der Waals surface area contributed by atoms with Gasteiger partial charge in [0.15, 0.2) is 0 Å². The summed E-state index contributed by atoms with van der Waals surface area (Å²) < 4.78 is 13.7. The molecule has 0 aliphatic rings. The average Bonchev–Trinajstić information content (AvgIpc) is 2.76. The molecule has 5 heteroatoms. The van der Waals surface area contributed by atoms with E-state index in [0.717, 1.165) is 10.7 Å². The molecule has 0 aliphatic heterocycles. The van der Waals surface area contributed by atoms with Crippen molar-refractivity contribution in [3.63, 3.8) is 0 Å². The van der Waals surface area contributed by atoms with Gasteiger partial charge in [-0.05, 0) is 25.5 Å². The van der Waals surface area contributed by atoms with Crippen molar-refractivity contribution in [1.29, 1.82) is 0 Å². The Morgan fingerprint density at radius 2 is 2.22 bits per heavy atom. The van der Waals surface area contributed by atoms with Crippen LogP contribution in [0.3, 0.4) is 0 Å². The molecule has 0 spiro atoms. The monoisotopic (exact) mass is 264 g/mol. The van der Waals surface area contributed by atoms with Gasteiger partial charge in [0.1, 0.15) is 5.82 Å². The lowest BCUT2D eigenvalue weighted by atomic mass is 10.1. The first kappa shape index (κ1) is 12.7. The Labute approximate surface area is 109 Å². The molecular weight excluding hydrogens is 251 g/mol. The molecule has 18 heavy (non-hydrogen) atoms. The van der Waals surface area contributed by atoms with Crippen LogP contribution in [0.15, 0.2) is 23.6 Å². The van der Waals surface area contributed by atoms with E-state index in [9.17, 15) is 9.18 Å².